The van der Waals surface area contributed by atoms with Gasteiger partial charge in [0.2, 0.25) is 0 Å². The summed E-state index contributed by atoms with van der Waals surface area (Å²) in [6.45, 7) is 1.75. The first-order chi connectivity index (χ1) is 11.7. The Labute approximate surface area is 144 Å². The standard InChI is InChI=1S/C17H21N3O3S/c1-24-10-13-4-5-15(23-13)17(22)19-6-7-20-12(9-19)8-14(18-20)16(21)11-2-3-11/h4-5,8,11,16,21H,2-3,6-7,9-10H2,1H3. The van der Waals surface area contributed by atoms with Gasteiger partial charge in [-0.15, -0.1) is 0 Å². The molecule has 6 nitrogen and oxygen atoms in total. The first-order valence-electron chi connectivity index (χ1n) is 8.27. The van der Waals surface area contributed by atoms with Crippen molar-refractivity contribution < 1.29 is 14.3 Å². The highest BCUT2D eigenvalue weighted by Gasteiger charge is 2.34. The van der Waals surface area contributed by atoms with Gasteiger partial charge in [-0.05, 0) is 43.2 Å². The molecule has 1 saturated carbocycles. The zero-order chi connectivity index (χ0) is 16.7. The van der Waals surface area contributed by atoms with Crippen molar-refractivity contribution in [1.82, 2.24) is 14.7 Å². The molecule has 128 valence electrons. The van der Waals surface area contributed by atoms with Crippen LogP contribution in [0.2, 0.25) is 0 Å². The van der Waals surface area contributed by atoms with E-state index in [9.17, 15) is 9.90 Å². The number of hydrogen-bond donors (Lipinski definition) is 1. The highest BCUT2D eigenvalue weighted by Crippen LogP contribution is 2.40. The topological polar surface area (TPSA) is 71.5 Å². The number of aromatic nitrogens is 2. The van der Waals surface area contributed by atoms with Crippen molar-refractivity contribution in [3.05, 3.63) is 41.1 Å². The van der Waals surface area contributed by atoms with E-state index >= 15 is 0 Å². The highest BCUT2D eigenvalue weighted by molar-refractivity contribution is 7.97. The van der Waals surface area contributed by atoms with Crippen molar-refractivity contribution in [3.63, 3.8) is 0 Å². The molecule has 2 aromatic rings. The number of fused-ring (bicyclic) bond motifs is 1. The predicted molar refractivity (Wildman–Crippen MR) is 90.6 cm³/mol. The van der Waals surface area contributed by atoms with E-state index in [4.69, 9.17) is 4.42 Å². The summed E-state index contributed by atoms with van der Waals surface area (Å²) in [5.74, 6) is 2.26. The molecular formula is C17H21N3O3S. The Bertz CT molecular complexity index is 750. The van der Waals surface area contributed by atoms with Crippen molar-refractivity contribution in [2.75, 3.05) is 12.8 Å². The van der Waals surface area contributed by atoms with Gasteiger partial charge in [-0.1, -0.05) is 0 Å². The number of aliphatic hydroxyl groups is 1. The maximum absolute atomic E-state index is 12.6. The van der Waals surface area contributed by atoms with Crippen molar-refractivity contribution in [1.29, 1.82) is 0 Å². The van der Waals surface area contributed by atoms with E-state index in [1.54, 1.807) is 22.7 Å². The molecule has 2 aromatic heterocycles. The molecule has 0 radical (unpaired) electrons. The third-order valence-electron chi connectivity index (χ3n) is 4.63. The lowest BCUT2D eigenvalue weighted by Crippen LogP contribution is -2.38. The summed E-state index contributed by atoms with van der Waals surface area (Å²) in [4.78, 5) is 14.4. The van der Waals surface area contributed by atoms with Crippen molar-refractivity contribution in [2.45, 2.75) is 37.8 Å². The van der Waals surface area contributed by atoms with E-state index < -0.39 is 6.10 Å². The van der Waals surface area contributed by atoms with Crippen LogP contribution in [-0.2, 0) is 18.8 Å². The average Bonchev–Trinajstić information content (AvgIpc) is 3.18. The summed E-state index contributed by atoms with van der Waals surface area (Å²) in [5.41, 5.74) is 1.71. The van der Waals surface area contributed by atoms with Crippen LogP contribution in [0.1, 0.15) is 46.6 Å². The van der Waals surface area contributed by atoms with Crippen LogP contribution in [-0.4, -0.2) is 38.5 Å². The van der Waals surface area contributed by atoms with Gasteiger partial charge in [0.05, 0.1) is 30.2 Å². The highest BCUT2D eigenvalue weighted by atomic mass is 32.2. The summed E-state index contributed by atoms with van der Waals surface area (Å²) in [5, 5.41) is 14.8. The lowest BCUT2D eigenvalue weighted by atomic mass is 10.1. The summed E-state index contributed by atoms with van der Waals surface area (Å²) in [6, 6.07) is 5.55. The number of rotatable bonds is 5. The van der Waals surface area contributed by atoms with Crippen molar-refractivity contribution in [3.8, 4) is 0 Å². The Hall–Kier alpha value is -1.73. The third-order valence-corrected chi connectivity index (χ3v) is 5.21. The fourth-order valence-corrected chi connectivity index (χ4v) is 3.57. The number of thioether (sulfide) groups is 1. The lowest BCUT2D eigenvalue weighted by molar-refractivity contribution is 0.0671. The second-order valence-corrected chi connectivity index (χ2v) is 7.36. The Kier molecular flexibility index (Phi) is 4.14. The minimum absolute atomic E-state index is 0.0842. The second-order valence-electron chi connectivity index (χ2n) is 6.49. The SMILES string of the molecule is CSCc1ccc(C(=O)N2CCn3nc(C(O)C4CC4)cc3C2)o1. The molecule has 4 rings (SSSR count). The van der Waals surface area contributed by atoms with Crippen molar-refractivity contribution >= 4 is 17.7 Å². The molecule has 0 saturated heterocycles. The number of carbonyl (C=O) groups is 1. The lowest BCUT2D eigenvalue weighted by Gasteiger charge is -2.26. The van der Waals surface area contributed by atoms with Gasteiger partial charge >= 0.3 is 0 Å². The summed E-state index contributed by atoms with van der Waals surface area (Å²) in [6.07, 6.45) is 3.69. The third kappa shape index (κ3) is 2.98. The van der Waals surface area contributed by atoms with E-state index in [0.29, 0.717) is 31.3 Å². The molecule has 3 heterocycles. The van der Waals surface area contributed by atoms with Gasteiger partial charge in [0.25, 0.3) is 5.91 Å². The van der Waals surface area contributed by atoms with Crippen LogP contribution in [0.5, 0.6) is 0 Å². The number of nitrogens with zero attached hydrogens (tertiary/aromatic N) is 3. The molecule has 1 atom stereocenters. The van der Waals surface area contributed by atoms with Crippen molar-refractivity contribution in [2.24, 2.45) is 5.92 Å². The molecular weight excluding hydrogens is 326 g/mol. The van der Waals surface area contributed by atoms with Crippen LogP contribution in [0.15, 0.2) is 22.6 Å². The van der Waals surface area contributed by atoms with E-state index in [1.165, 1.54) is 0 Å². The van der Waals surface area contributed by atoms with E-state index in [-0.39, 0.29) is 5.91 Å². The molecule has 1 unspecified atom stereocenters. The molecule has 1 amide bonds. The van der Waals surface area contributed by atoms with Gasteiger partial charge in [-0.2, -0.15) is 16.9 Å². The van der Waals surface area contributed by atoms with E-state index in [1.807, 2.05) is 23.1 Å². The maximum atomic E-state index is 12.6. The Morgan fingerprint density at radius 1 is 1.46 bits per heavy atom. The summed E-state index contributed by atoms with van der Waals surface area (Å²) < 4.78 is 7.54. The van der Waals surface area contributed by atoms with E-state index in [2.05, 4.69) is 5.10 Å². The predicted octanol–water partition coefficient (Wildman–Crippen LogP) is 2.44. The van der Waals surface area contributed by atoms with Crippen LogP contribution in [0.25, 0.3) is 0 Å². The summed E-state index contributed by atoms with van der Waals surface area (Å²) in [7, 11) is 0. The van der Waals surface area contributed by atoms with Gasteiger partial charge in [0, 0.05) is 6.54 Å². The molecule has 1 fully saturated rings. The Balaban J connectivity index is 1.47. The molecule has 24 heavy (non-hydrogen) atoms. The zero-order valence-electron chi connectivity index (χ0n) is 13.6. The van der Waals surface area contributed by atoms with Gasteiger partial charge in [0.1, 0.15) is 11.9 Å². The number of amides is 1. The monoisotopic (exact) mass is 347 g/mol. The molecule has 7 heteroatoms. The second kappa shape index (κ2) is 6.29. The van der Waals surface area contributed by atoms with Gasteiger partial charge in [0.15, 0.2) is 5.76 Å². The normalized spacial score (nSPS) is 18.5. The Morgan fingerprint density at radius 2 is 2.29 bits per heavy atom. The number of carbonyl (C=O) groups excluding carboxylic acids is 1. The first-order valence-corrected chi connectivity index (χ1v) is 9.66. The number of furan rings is 1. The first kappa shape index (κ1) is 15.8. The van der Waals surface area contributed by atoms with Gasteiger partial charge in [-0.3, -0.25) is 9.48 Å². The van der Waals surface area contributed by atoms with Crippen LogP contribution < -0.4 is 0 Å². The molecule has 1 aliphatic carbocycles. The molecule has 1 aliphatic heterocycles. The minimum atomic E-state index is -0.466. The van der Waals surface area contributed by atoms with Crippen LogP contribution in [0.3, 0.4) is 0 Å². The van der Waals surface area contributed by atoms with Gasteiger partial charge in [-0.25, -0.2) is 0 Å². The van der Waals surface area contributed by atoms with Crippen LogP contribution in [0.4, 0.5) is 0 Å². The number of aliphatic hydroxyl groups excluding tert-OH is 1. The number of hydrogen-bond acceptors (Lipinski definition) is 5. The Morgan fingerprint density at radius 3 is 3.04 bits per heavy atom. The molecule has 1 N–H and O–H groups in total. The largest absolute Gasteiger partial charge is 0.455 e. The van der Waals surface area contributed by atoms with E-state index in [0.717, 1.165) is 35.7 Å². The maximum Gasteiger partial charge on any atom is 0.289 e. The summed E-state index contributed by atoms with van der Waals surface area (Å²) >= 11 is 1.66. The molecule has 0 bridgehead atoms. The van der Waals surface area contributed by atoms with Gasteiger partial charge < -0.3 is 14.4 Å². The fourth-order valence-electron chi connectivity index (χ4n) is 3.13. The molecule has 0 aromatic carbocycles. The fraction of sp³-hybridized carbons (Fsp3) is 0.529. The van der Waals surface area contributed by atoms with Crippen LogP contribution in [0, 0.1) is 5.92 Å². The minimum Gasteiger partial charge on any atom is -0.455 e. The smallest absolute Gasteiger partial charge is 0.289 e. The average molecular weight is 347 g/mol. The molecule has 0 spiro atoms. The quantitative estimate of drug-likeness (QED) is 0.899. The zero-order valence-corrected chi connectivity index (χ0v) is 14.5. The van der Waals surface area contributed by atoms with Crippen LogP contribution >= 0.6 is 11.8 Å². The molecule has 2 aliphatic rings.